The number of hydrogen-bond donors (Lipinski definition) is 1. The molecule has 0 aliphatic heterocycles. The van der Waals surface area contributed by atoms with Crippen molar-refractivity contribution in [3.63, 3.8) is 0 Å². The van der Waals surface area contributed by atoms with E-state index in [4.69, 9.17) is 4.74 Å². The predicted molar refractivity (Wildman–Crippen MR) is 69.9 cm³/mol. The third-order valence-corrected chi connectivity index (χ3v) is 3.40. The van der Waals surface area contributed by atoms with E-state index < -0.39 is 0 Å². The molecule has 0 aromatic rings. The smallest absolute Gasteiger partial charge is 0.323 e. The molecular formula is C14H27NO2. The molecule has 0 spiro atoms. The highest BCUT2D eigenvalue weighted by atomic mass is 16.5. The van der Waals surface area contributed by atoms with E-state index >= 15 is 0 Å². The summed E-state index contributed by atoms with van der Waals surface area (Å²) in [6.45, 7) is 6.49. The van der Waals surface area contributed by atoms with Crippen LogP contribution in [-0.2, 0) is 9.53 Å². The molecule has 1 unspecified atom stereocenters. The molecule has 0 saturated heterocycles. The fraction of sp³-hybridized carbons (Fsp3) is 0.929. The molecule has 0 amide bonds. The first-order valence-electron chi connectivity index (χ1n) is 7.06. The maximum absolute atomic E-state index is 11.9. The number of esters is 1. The van der Waals surface area contributed by atoms with E-state index in [0.717, 1.165) is 6.42 Å². The van der Waals surface area contributed by atoms with Crippen LogP contribution in [0.2, 0.25) is 0 Å². The lowest BCUT2D eigenvalue weighted by Crippen LogP contribution is -2.43. The Morgan fingerprint density at radius 3 is 2.47 bits per heavy atom. The fourth-order valence-electron chi connectivity index (χ4n) is 2.63. The van der Waals surface area contributed by atoms with Gasteiger partial charge in [0.25, 0.3) is 0 Å². The molecule has 1 rings (SSSR count). The summed E-state index contributed by atoms with van der Waals surface area (Å²) in [4.78, 5) is 11.9. The van der Waals surface area contributed by atoms with Gasteiger partial charge in [-0.3, -0.25) is 4.79 Å². The second-order valence-electron chi connectivity index (χ2n) is 5.37. The number of hydrogen-bond acceptors (Lipinski definition) is 3. The third kappa shape index (κ3) is 5.53. The zero-order valence-electron chi connectivity index (χ0n) is 11.5. The predicted octanol–water partition coefficient (Wildman–Crippen LogP) is 2.89. The summed E-state index contributed by atoms with van der Waals surface area (Å²) in [5.41, 5.74) is 0. The first-order valence-corrected chi connectivity index (χ1v) is 7.06. The van der Waals surface area contributed by atoms with E-state index in [1.807, 2.05) is 6.92 Å². The number of carbonyl (C=O) groups is 1. The van der Waals surface area contributed by atoms with Gasteiger partial charge >= 0.3 is 5.97 Å². The largest absolute Gasteiger partial charge is 0.465 e. The van der Waals surface area contributed by atoms with Crippen LogP contribution in [0.5, 0.6) is 0 Å². The Morgan fingerprint density at radius 2 is 1.94 bits per heavy atom. The van der Waals surface area contributed by atoms with E-state index in [1.54, 1.807) is 0 Å². The van der Waals surface area contributed by atoms with Gasteiger partial charge in [-0.2, -0.15) is 0 Å². The van der Waals surface area contributed by atoms with Gasteiger partial charge in [-0.05, 0) is 19.3 Å². The minimum atomic E-state index is -0.113. The average molecular weight is 241 g/mol. The van der Waals surface area contributed by atoms with Crippen LogP contribution in [0.3, 0.4) is 0 Å². The van der Waals surface area contributed by atoms with Crippen LogP contribution in [0.25, 0.3) is 0 Å². The molecule has 1 atom stereocenters. The van der Waals surface area contributed by atoms with Gasteiger partial charge in [0.1, 0.15) is 6.04 Å². The lowest BCUT2D eigenvalue weighted by molar-refractivity contribution is -0.146. The number of nitrogens with one attached hydrogen (secondary N) is 1. The van der Waals surface area contributed by atoms with Crippen molar-refractivity contribution in [2.24, 2.45) is 5.92 Å². The molecule has 3 nitrogen and oxygen atoms in total. The Hall–Kier alpha value is -0.570. The van der Waals surface area contributed by atoms with Crippen molar-refractivity contribution < 1.29 is 9.53 Å². The van der Waals surface area contributed by atoms with Crippen LogP contribution in [0.4, 0.5) is 0 Å². The van der Waals surface area contributed by atoms with Crippen LogP contribution in [0.1, 0.15) is 59.3 Å². The summed E-state index contributed by atoms with van der Waals surface area (Å²) >= 11 is 0. The molecule has 1 saturated carbocycles. The van der Waals surface area contributed by atoms with Crippen molar-refractivity contribution >= 4 is 5.97 Å². The minimum absolute atomic E-state index is 0.0771. The molecule has 0 radical (unpaired) electrons. The molecule has 1 N–H and O–H groups in total. The average Bonchev–Trinajstić information content (AvgIpc) is 2.29. The van der Waals surface area contributed by atoms with Crippen LogP contribution in [-0.4, -0.2) is 24.7 Å². The second-order valence-corrected chi connectivity index (χ2v) is 5.37. The summed E-state index contributed by atoms with van der Waals surface area (Å²) in [5, 5.41) is 3.34. The van der Waals surface area contributed by atoms with Gasteiger partial charge in [-0.1, -0.05) is 46.0 Å². The second kappa shape index (κ2) is 7.70. The lowest BCUT2D eigenvalue weighted by Gasteiger charge is -2.27. The van der Waals surface area contributed by atoms with Crippen molar-refractivity contribution in [1.82, 2.24) is 5.32 Å². The highest BCUT2D eigenvalue weighted by Crippen LogP contribution is 2.27. The fourth-order valence-corrected chi connectivity index (χ4v) is 2.63. The Bertz CT molecular complexity index is 222. The highest BCUT2D eigenvalue weighted by molar-refractivity contribution is 5.75. The maximum atomic E-state index is 11.9. The molecule has 3 heteroatoms. The molecular weight excluding hydrogens is 214 g/mol. The Morgan fingerprint density at radius 1 is 1.29 bits per heavy atom. The Balaban J connectivity index is 2.46. The molecule has 17 heavy (non-hydrogen) atoms. The topological polar surface area (TPSA) is 38.3 Å². The highest BCUT2D eigenvalue weighted by Gasteiger charge is 2.25. The van der Waals surface area contributed by atoms with E-state index in [-0.39, 0.29) is 12.0 Å². The molecule has 100 valence electrons. The summed E-state index contributed by atoms with van der Waals surface area (Å²) in [5.74, 6) is 0.621. The maximum Gasteiger partial charge on any atom is 0.323 e. The van der Waals surface area contributed by atoms with Gasteiger partial charge in [-0.15, -0.1) is 0 Å². The van der Waals surface area contributed by atoms with Crippen molar-refractivity contribution in [3.05, 3.63) is 0 Å². The zero-order valence-corrected chi connectivity index (χ0v) is 11.5. The zero-order chi connectivity index (χ0) is 12.7. The van der Waals surface area contributed by atoms with Crippen molar-refractivity contribution in [3.8, 4) is 0 Å². The number of ether oxygens (including phenoxy) is 1. The molecule has 0 bridgehead atoms. The summed E-state index contributed by atoms with van der Waals surface area (Å²) < 4.78 is 5.15. The van der Waals surface area contributed by atoms with Crippen molar-refractivity contribution in [1.29, 1.82) is 0 Å². The third-order valence-electron chi connectivity index (χ3n) is 3.40. The summed E-state index contributed by atoms with van der Waals surface area (Å²) in [6, 6.07) is 0.214. The SMILES string of the molecule is CCOC(=O)C(CC1CCCCC1)NC(C)C. The molecule has 0 aromatic carbocycles. The van der Waals surface area contributed by atoms with Crippen LogP contribution in [0.15, 0.2) is 0 Å². The van der Waals surface area contributed by atoms with Crippen LogP contribution >= 0.6 is 0 Å². The number of rotatable bonds is 6. The molecule has 1 fully saturated rings. The van der Waals surface area contributed by atoms with Gasteiger partial charge in [0, 0.05) is 6.04 Å². The monoisotopic (exact) mass is 241 g/mol. The normalized spacial score (nSPS) is 19.3. The Labute approximate surface area is 105 Å². The standard InChI is InChI=1S/C14H27NO2/c1-4-17-14(16)13(15-11(2)3)10-12-8-6-5-7-9-12/h11-13,15H,4-10H2,1-3H3. The summed E-state index contributed by atoms with van der Waals surface area (Å²) in [7, 11) is 0. The summed E-state index contributed by atoms with van der Waals surface area (Å²) in [6.07, 6.45) is 7.49. The Kier molecular flexibility index (Phi) is 6.56. The van der Waals surface area contributed by atoms with E-state index in [1.165, 1.54) is 32.1 Å². The molecule has 1 aliphatic carbocycles. The van der Waals surface area contributed by atoms with E-state index in [2.05, 4.69) is 19.2 Å². The van der Waals surface area contributed by atoms with Crippen LogP contribution in [0, 0.1) is 5.92 Å². The van der Waals surface area contributed by atoms with E-state index in [9.17, 15) is 4.79 Å². The number of carbonyl (C=O) groups excluding carboxylic acids is 1. The van der Waals surface area contributed by atoms with Gasteiger partial charge in [0.2, 0.25) is 0 Å². The van der Waals surface area contributed by atoms with Crippen molar-refractivity contribution in [2.75, 3.05) is 6.61 Å². The van der Waals surface area contributed by atoms with Gasteiger partial charge in [0.15, 0.2) is 0 Å². The van der Waals surface area contributed by atoms with Crippen LogP contribution < -0.4 is 5.32 Å². The first kappa shape index (κ1) is 14.5. The quantitative estimate of drug-likeness (QED) is 0.727. The molecule has 1 aliphatic rings. The molecule has 0 aromatic heterocycles. The molecule has 0 heterocycles. The van der Waals surface area contributed by atoms with Crippen molar-refractivity contribution in [2.45, 2.75) is 71.4 Å². The van der Waals surface area contributed by atoms with Gasteiger partial charge < -0.3 is 10.1 Å². The van der Waals surface area contributed by atoms with Gasteiger partial charge in [-0.25, -0.2) is 0 Å². The van der Waals surface area contributed by atoms with Gasteiger partial charge in [0.05, 0.1) is 6.61 Å². The first-order chi connectivity index (χ1) is 8.13. The lowest BCUT2D eigenvalue weighted by atomic mass is 9.84. The minimum Gasteiger partial charge on any atom is -0.465 e. The van der Waals surface area contributed by atoms with E-state index in [0.29, 0.717) is 18.6 Å².